The van der Waals surface area contributed by atoms with Crippen LogP contribution in [0, 0.1) is 6.92 Å². The van der Waals surface area contributed by atoms with Gasteiger partial charge in [-0.25, -0.2) is 0 Å². The highest BCUT2D eigenvalue weighted by molar-refractivity contribution is 8.00. The van der Waals surface area contributed by atoms with Crippen molar-refractivity contribution in [2.45, 2.75) is 12.3 Å². The number of halogens is 1. The molecule has 0 radical (unpaired) electrons. The van der Waals surface area contributed by atoms with E-state index in [1.165, 1.54) is 11.1 Å². The molecule has 102 valence electrons. The number of amides is 1. The summed E-state index contributed by atoms with van der Waals surface area (Å²) in [6, 6.07) is 15.7. The van der Waals surface area contributed by atoms with E-state index in [-0.39, 0.29) is 11.3 Å². The molecule has 1 saturated heterocycles. The lowest BCUT2D eigenvalue weighted by atomic mass is 10.1. The average Bonchev–Trinajstić information content (AvgIpc) is 2.82. The Morgan fingerprint density at radius 2 is 1.85 bits per heavy atom. The van der Waals surface area contributed by atoms with Crippen LogP contribution in [0.1, 0.15) is 16.5 Å². The van der Waals surface area contributed by atoms with E-state index in [4.69, 9.17) is 11.6 Å². The van der Waals surface area contributed by atoms with Crippen LogP contribution in [0.2, 0.25) is 5.02 Å². The molecule has 1 heterocycles. The van der Waals surface area contributed by atoms with Gasteiger partial charge in [0.2, 0.25) is 5.91 Å². The lowest BCUT2D eigenvalue weighted by Gasteiger charge is -2.25. The molecular weight excluding hydrogens is 290 g/mol. The zero-order valence-corrected chi connectivity index (χ0v) is 12.6. The number of hydrogen-bond acceptors (Lipinski definition) is 2. The highest BCUT2D eigenvalue weighted by atomic mass is 35.5. The average molecular weight is 304 g/mol. The first-order chi connectivity index (χ1) is 9.66. The first-order valence-corrected chi connectivity index (χ1v) is 7.84. The van der Waals surface area contributed by atoms with E-state index >= 15 is 0 Å². The van der Waals surface area contributed by atoms with Crippen LogP contribution < -0.4 is 4.90 Å². The van der Waals surface area contributed by atoms with E-state index in [9.17, 15) is 4.79 Å². The van der Waals surface area contributed by atoms with Gasteiger partial charge in [-0.15, -0.1) is 11.8 Å². The van der Waals surface area contributed by atoms with Crippen LogP contribution in [0.25, 0.3) is 0 Å². The van der Waals surface area contributed by atoms with Crippen molar-refractivity contribution in [2.24, 2.45) is 0 Å². The smallest absolute Gasteiger partial charge is 0.238 e. The molecule has 0 bridgehead atoms. The van der Waals surface area contributed by atoms with Crippen LogP contribution >= 0.6 is 23.4 Å². The molecule has 0 saturated carbocycles. The van der Waals surface area contributed by atoms with Gasteiger partial charge < -0.3 is 0 Å². The maximum absolute atomic E-state index is 12.2. The molecule has 0 aliphatic carbocycles. The van der Waals surface area contributed by atoms with Gasteiger partial charge in [0.15, 0.2) is 0 Å². The number of carbonyl (C=O) groups excluding carboxylic acids is 1. The molecule has 2 aromatic rings. The second kappa shape index (κ2) is 5.51. The van der Waals surface area contributed by atoms with E-state index in [0.717, 1.165) is 5.69 Å². The quantitative estimate of drug-likeness (QED) is 0.818. The molecule has 1 fully saturated rings. The molecule has 0 aromatic heterocycles. The minimum absolute atomic E-state index is 0.0462. The number of carbonyl (C=O) groups is 1. The number of hydrogen-bond donors (Lipinski definition) is 0. The molecular formula is C16H14ClNOS. The summed E-state index contributed by atoms with van der Waals surface area (Å²) in [6.07, 6.45) is 0. The molecule has 4 heteroatoms. The number of thioether (sulfide) groups is 1. The summed E-state index contributed by atoms with van der Waals surface area (Å²) < 4.78 is 0. The van der Waals surface area contributed by atoms with Gasteiger partial charge in [-0.2, -0.15) is 0 Å². The molecule has 1 amide bonds. The molecule has 3 rings (SSSR count). The Balaban J connectivity index is 2.01. The third kappa shape index (κ3) is 2.43. The predicted octanol–water partition coefficient (Wildman–Crippen LogP) is 4.43. The lowest BCUT2D eigenvalue weighted by Crippen LogP contribution is -2.28. The standard InChI is InChI=1S/C16H14ClNOS/c1-11-4-2-3-5-14(11)16-18(15(19)10-20-16)13-8-6-12(17)7-9-13/h2-9,16H,10H2,1H3/t16-/m1/s1. The second-order valence-electron chi connectivity index (χ2n) is 4.76. The third-order valence-corrected chi connectivity index (χ3v) is 4.87. The summed E-state index contributed by atoms with van der Waals surface area (Å²) >= 11 is 7.59. The third-order valence-electron chi connectivity index (χ3n) is 3.43. The van der Waals surface area contributed by atoms with E-state index in [1.54, 1.807) is 11.8 Å². The van der Waals surface area contributed by atoms with Crippen LogP contribution in [0.15, 0.2) is 48.5 Å². The maximum Gasteiger partial charge on any atom is 0.238 e. The molecule has 1 aliphatic heterocycles. The molecule has 1 atom stereocenters. The van der Waals surface area contributed by atoms with Gasteiger partial charge in [0.05, 0.1) is 5.75 Å². The van der Waals surface area contributed by atoms with Gasteiger partial charge in [-0.05, 0) is 42.3 Å². The molecule has 0 spiro atoms. The Bertz CT molecular complexity index is 641. The SMILES string of the molecule is Cc1ccccc1[C@H]1SCC(=O)N1c1ccc(Cl)cc1. The first kappa shape index (κ1) is 13.5. The van der Waals surface area contributed by atoms with Gasteiger partial charge >= 0.3 is 0 Å². The fraction of sp³-hybridized carbons (Fsp3) is 0.188. The molecule has 0 N–H and O–H groups in total. The van der Waals surface area contributed by atoms with Crippen molar-refractivity contribution in [1.29, 1.82) is 0 Å². The molecule has 20 heavy (non-hydrogen) atoms. The van der Waals surface area contributed by atoms with Crippen LogP contribution in [0.3, 0.4) is 0 Å². The largest absolute Gasteiger partial charge is 0.295 e. The van der Waals surface area contributed by atoms with E-state index < -0.39 is 0 Å². The van der Waals surface area contributed by atoms with Gasteiger partial charge in [0.1, 0.15) is 5.37 Å². The van der Waals surface area contributed by atoms with Crippen molar-refractivity contribution in [3.8, 4) is 0 Å². The molecule has 0 unspecified atom stereocenters. The van der Waals surface area contributed by atoms with Gasteiger partial charge in [-0.1, -0.05) is 35.9 Å². The van der Waals surface area contributed by atoms with Gasteiger partial charge in [0.25, 0.3) is 0 Å². The summed E-state index contributed by atoms with van der Waals surface area (Å²) in [5, 5.41) is 0.727. The Kier molecular flexibility index (Phi) is 3.72. The maximum atomic E-state index is 12.2. The summed E-state index contributed by atoms with van der Waals surface area (Å²) in [5.41, 5.74) is 3.30. The van der Waals surface area contributed by atoms with E-state index in [2.05, 4.69) is 19.1 Å². The Morgan fingerprint density at radius 1 is 1.15 bits per heavy atom. The number of nitrogens with zero attached hydrogens (tertiary/aromatic N) is 1. The van der Waals surface area contributed by atoms with Crippen molar-refractivity contribution in [3.63, 3.8) is 0 Å². The van der Waals surface area contributed by atoms with Gasteiger partial charge in [0, 0.05) is 10.7 Å². The summed E-state index contributed by atoms with van der Waals surface area (Å²) in [5.74, 6) is 0.660. The highest BCUT2D eigenvalue weighted by Gasteiger charge is 2.34. The summed E-state index contributed by atoms with van der Waals surface area (Å²) in [7, 11) is 0. The fourth-order valence-electron chi connectivity index (χ4n) is 2.40. The van der Waals surface area contributed by atoms with Crippen LogP contribution in [0.5, 0.6) is 0 Å². The zero-order chi connectivity index (χ0) is 14.1. The molecule has 1 aliphatic rings. The van der Waals surface area contributed by atoms with E-state index in [0.29, 0.717) is 10.8 Å². The summed E-state index contributed by atoms with van der Waals surface area (Å²) in [4.78, 5) is 14.1. The van der Waals surface area contributed by atoms with Crippen LogP contribution in [0.4, 0.5) is 5.69 Å². The van der Waals surface area contributed by atoms with Crippen molar-refractivity contribution in [3.05, 3.63) is 64.7 Å². The topological polar surface area (TPSA) is 20.3 Å². The van der Waals surface area contributed by atoms with Crippen molar-refractivity contribution >= 4 is 35.0 Å². The predicted molar refractivity (Wildman–Crippen MR) is 85.3 cm³/mol. The minimum Gasteiger partial charge on any atom is -0.295 e. The number of benzene rings is 2. The molecule has 2 aromatic carbocycles. The first-order valence-electron chi connectivity index (χ1n) is 6.41. The van der Waals surface area contributed by atoms with Crippen molar-refractivity contribution in [1.82, 2.24) is 0 Å². The van der Waals surface area contributed by atoms with E-state index in [1.807, 2.05) is 41.3 Å². The number of aryl methyl sites for hydroxylation is 1. The Labute approximate surface area is 127 Å². The zero-order valence-electron chi connectivity index (χ0n) is 11.0. The lowest BCUT2D eigenvalue weighted by molar-refractivity contribution is -0.115. The normalized spacial score (nSPS) is 18.6. The monoisotopic (exact) mass is 303 g/mol. The van der Waals surface area contributed by atoms with Crippen LogP contribution in [-0.4, -0.2) is 11.7 Å². The molecule has 2 nitrogen and oxygen atoms in total. The van der Waals surface area contributed by atoms with Crippen molar-refractivity contribution in [2.75, 3.05) is 10.7 Å². The number of anilines is 1. The Morgan fingerprint density at radius 3 is 2.55 bits per heavy atom. The fourth-order valence-corrected chi connectivity index (χ4v) is 3.80. The minimum atomic E-state index is 0.0462. The van der Waals surface area contributed by atoms with Crippen molar-refractivity contribution < 1.29 is 4.79 Å². The Hall–Kier alpha value is -1.45. The highest BCUT2D eigenvalue weighted by Crippen LogP contribution is 2.42. The second-order valence-corrected chi connectivity index (χ2v) is 6.27. The van der Waals surface area contributed by atoms with Crippen LogP contribution in [-0.2, 0) is 4.79 Å². The number of rotatable bonds is 2. The summed E-state index contributed by atoms with van der Waals surface area (Å²) in [6.45, 7) is 2.08. The van der Waals surface area contributed by atoms with Gasteiger partial charge in [-0.3, -0.25) is 9.69 Å².